The molecule has 5 atom stereocenters. The zero-order valence-corrected chi connectivity index (χ0v) is 35.1. The molecule has 2 aromatic heterocycles. The van der Waals surface area contributed by atoms with E-state index in [1.54, 1.807) is 53.4 Å². The van der Waals surface area contributed by atoms with Crippen molar-refractivity contribution < 1.29 is 37.1 Å². The Morgan fingerprint density at radius 3 is 2.23 bits per heavy atom. The number of carbonyl (C=O) groups is 4. The first kappa shape index (κ1) is 43.7. The topological polar surface area (TPSA) is 165 Å². The van der Waals surface area contributed by atoms with Crippen LogP contribution in [0.5, 0.6) is 0 Å². The van der Waals surface area contributed by atoms with Gasteiger partial charge in [-0.15, -0.1) is 0 Å². The number of hydrogen-bond acceptors (Lipinski definition) is 8. The maximum absolute atomic E-state index is 14.6. The maximum Gasteiger partial charge on any atom is 0.417 e. The van der Waals surface area contributed by atoms with Crippen LogP contribution in [-0.2, 0) is 15.7 Å². The van der Waals surface area contributed by atoms with Crippen molar-refractivity contribution in [2.45, 2.75) is 71.4 Å². The number of benzene rings is 2. The molecule has 18 heteroatoms. The number of aromatic nitrogens is 3. The van der Waals surface area contributed by atoms with E-state index in [-0.39, 0.29) is 69.3 Å². The number of urea groups is 1. The van der Waals surface area contributed by atoms with E-state index >= 15 is 0 Å². The second-order valence-corrected chi connectivity index (χ2v) is 16.2. The normalized spacial score (nSPS) is 19.9. The summed E-state index contributed by atoms with van der Waals surface area (Å²) >= 11 is 6.53. The number of likely N-dealkylation sites (tertiary alicyclic amines) is 1. The Morgan fingerprint density at radius 1 is 0.917 bits per heavy atom. The molecule has 4 heterocycles. The molecule has 0 radical (unpaired) electrons. The van der Waals surface area contributed by atoms with Gasteiger partial charge < -0.3 is 40.4 Å². The zero-order valence-electron chi connectivity index (χ0n) is 34.4. The number of pyridine rings is 1. The molecule has 2 aliphatic heterocycles. The Bertz CT molecular complexity index is 2220. The molecule has 0 spiro atoms. The highest BCUT2D eigenvalue weighted by Crippen LogP contribution is 2.42. The van der Waals surface area contributed by atoms with E-state index in [1.165, 1.54) is 25.4 Å². The summed E-state index contributed by atoms with van der Waals surface area (Å²) in [5, 5.41) is 7.71. The second kappa shape index (κ2) is 17.8. The van der Waals surface area contributed by atoms with Crippen LogP contribution in [0.3, 0.4) is 0 Å². The molecule has 4 N–H and O–H groups in total. The molecule has 5 amide bonds. The molecule has 2 saturated heterocycles. The number of H-pyrrole nitrogens is 1. The van der Waals surface area contributed by atoms with Crippen LogP contribution in [0.4, 0.5) is 34.3 Å². The number of nitrogens with zero attached hydrogens (tertiary/aromatic N) is 5. The molecule has 2 fully saturated rings. The van der Waals surface area contributed by atoms with Gasteiger partial charge in [0.15, 0.2) is 0 Å². The van der Waals surface area contributed by atoms with Gasteiger partial charge in [-0.2, -0.15) is 13.2 Å². The number of imidazole rings is 1. The molecule has 6 rings (SSSR count). The molecular weight excluding hydrogens is 803 g/mol. The molecule has 2 aliphatic rings. The minimum Gasteiger partial charge on any atom is -0.453 e. The zero-order chi connectivity index (χ0) is 43.6. The summed E-state index contributed by atoms with van der Waals surface area (Å²) in [6.45, 7) is 11.1. The lowest BCUT2D eigenvalue weighted by Crippen LogP contribution is -2.60. The van der Waals surface area contributed by atoms with Crippen LogP contribution < -0.4 is 20.9 Å². The van der Waals surface area contributed by atoms with Crippen molar-refractivity contribution in [3.63, 3.8) is 0 Å². The fourth-order valence-electron chi connectivity index (χ4n) is 7.81. The standard InChI is InChI=1S/C42H49ClF3N9O5/c1-22(2)36(52-41(59)60-7)39(57)55-19-23(3)14-34(55)37-49-18-33(50-37)27-10-8-26(9-11-27)29-15-31(43)32(16-30(29)42(44,45)46)51-38(56)28-12-13-35(48-17-28)53-20-25(5)54(21-24(53)4)40(58)47-6/h8-13,15-18,22-25,34,36H,14,19-21H2,1-7H3,(H,47,58)(H,49,50)(H,51,56)(H,52,59). The van der Waals surface area contributed by atoms with Crippen LogP contribution >= 0.6 is 11.6 Å². The minimum atomic E-state index is -4.79. The summed E-state index contributed by atoms with van der Waals surface area (Å²) in [5.41, 5.74) is 0.211. The number of anilines is 2. The van der Waals surface area contributed by atoms with E-state index < -0.39 is 29.8 Å². The number of halogens is 4. The number of rotatable bonds is 9. The van der Waals surface area contributed by atoms with E-state index in [2.05, 4.69) is 30.9 Å². The summed E-state index contributed by atoms with van der Waals surface area (Å²) in [7, 11) is 2.82. The number of alkyl carbamates (subject to hydrolysis) is 1. The molecule has 4 aromatic rings. The van der Waals surface area contributed by atoms with Crippen LogP contribution in [-0.4, -0.2) is 101 Å². The van der Waals surface area contributed by atoms with Crippen LogP contribution in [0.15, 0.2) is 60.9 Å². The van der Waals surface area contributed by atoms with E-state index in [4.69, 9.17) is 16.3 Å². The van der Waals surface area contributed by atoms with Crippen molar-refractivity contribution in [2.75, 3.05) is 44.0 Å². The van der Waals surface area contributed by atoms with E-state index in [1.807, 2.05) is 39.5 Å². The van der Waals surface area contributed by atoms with Gasteiger partial charge in [0.2, 0.25) is 5.91 Å². The van der Waals surface area contributed by atoms with Gasteiger partial charge in [0.05, 0.1) is 46.9 Å². The van der Waals surface area contributed by atoms with Crippen LogP contribution in [0.2, 0.25) is 5.02 Å². The molecule has 5 unspecified atom stereocenters. The van der Waals surface area contributed by atoms with Crippen LogP contribution in [0, 0.1) is 11.8 Å². The number of hydrogen-bond donors (Lipinski definition) is 4. The summed E-state index contributed by atoms with van der Waals surface area (Å²) in [6, 6.07) is 10.1. The molecule has 0 saturated carbocycles. The largest absolute Gasteiger partial charge is 0.453 e. The van der Waals surface area contributed by atoms with Crippen LogP contribution in [0.25, 0.3) is 22.4 Å². The number of amides is 5. The van der Waals surface area contributed by atoms with Crippen molar-refractivity contribution in [3.8, 4) is 22.4 Å². The first-order valence-electron chi connectivity index (χ1n) is 19.6. The first-order chi connectivity index (χ1) is 28.4. The summed E-state index contributed by atoms with van der Waals surface area (Å²) in [6.07, 6.45) is -1.90. The number of carbonyl (C=O) groups excluding carboxylic acids is 4. The SMILES string of the molecule is CNC(=O)N1CC(C)N(c2ccc(C(=O)Nc3cc(C(F)(F)F)c(-c4ccc(-c5cnc(C6CC(C)CN6C(=O)C(NC(=O)OC)C(C)C)[nH]5)cc4)cc3Cl)cn2)CC1C. The average Bonchev–Trinajstić information content (AvgIpc) is 3.87. The summed E-state index contributed by atoms with van der Waals surface area (Å²) < 4.78 is 48.5. The molecule has 0 aliphatic carbocycles. The lowest BCUT2D eigenvalue weighted by molar-refractivity contribution is -0.137. The van der Waals surface area contributed by atoms with Gasteiger partial charge in [-0.3, -0.25) is 9.59 Å². The Hall–Kier alpha value is -5.84. The number of methoxy groups -OCH3 is 1. The summed E-state index contributed by atoms with van der Waals surface area (Å²) in [5.74, 6) is 0.163. The van der Waals surface area contributed by atoms with Gasteiger partial charge in [-0.25, -0.2) is 19.6 Å². The fourth-order valence-corrected chi connectivity index (χ4v) is 8.02. The highest BCUT2D eigenvalue weighted by molar-refractivity contribution is 6.34. The van der Waals surface area contributed by atoms with Gasteiger partial charge in [0.1, 0.15) is 17.7 Å². The number of alkyl halides is 3. The number of ether oxygens (including phenoxy) is 1. The van der Waals surface area contributed by atoms with Crippen molar-refractivity contribution in [1.82, 2.24) is 35.4 Å². The first-order valence-corrected chi connectivity index (χ1v) is 20.0. The average molecular weight is 852 g/mol. The molecule has 14 nitrogen and oxygen atoms in total. The van der Waals surface area contributed by atoms with Gasteiger partial charge >= 0.3 is 18.3 Å². The van der Waals surface area contributed by atoms with Crippen molar-refractivity contribution in [1.29, 1.82) is 0 Å². The lowest BCUT2D eigenvalue weighted by Gasteiger charge is -2.44. The molecular formula is C42H49ClF3N9O5. The van der Waals surface area contributed by atoms with Crippen LogP contribution in [0.1, 0.15) is 68.8 Å². The lowest BCUT2D eigenvalue weighted by atomic mass is 9.97. The van der Waals surface area contributed by atoms with E-state index in [0.29, 0.717) is 49.0 Å². The highest BCUT2D eigenvalue weighted by atomic mass is 35.5. The quantitative estimate of drug-likeness (QED) is 0.134. The predicted octanol–water partition coefficient (Wildman–Crippen LogP) is 7.59. The number of aromatic amines is 1. The molecule has 60 heavy (non-hydrogen) atoms. The third-order valence-corrected chi connectivity index (χ3v) is 11.3. The Kier molecular flexibility index (Phi) is 13.0. The third kappa shape index (κ3) is 9.30. The van der Waals surface area contributed by atoms with Gasteiger partial charge in [0, 0.05) is 45.0 Å². The van der Waals surface area contributed by atoms with Gasteiger partial charge in [0.25, 0.3) is 5.91 Å². The predicted molar refractivity (Wildman–Crippen MR) is 221 cm³/mol. The van der Waals surface area contributed by atoms with Crippen molar-refractivity contribution >= 4 is 47.0 Å². The van der Waals surface area contributed by atoms with Crippen molar-refractivity contribution in [3.05, 3.63) is 82.9 Å². The Balaban J connectivity index is 1.17. The van der Waals surface area contributed by atoms with Gasteiger partial charge in [-0.05, 0) is 73.1 Å². The van der Waals surface area contributed by atoms with E-state index in [9.17, 15) is 32.3 Å². The highest BCUT2D eigenvalue weighted by Gasteiger charge is 2.40. The number of piperazine rings is 1. The van der Waals surface area contributed by atoms with Gasteiger partial charge in [-0.1, -0.05) is 56.6 Å². The molecule has 0 bridgehead atoms. The Morgan fingerprint density at radius 2 is 1.62 bits per heavy atom. The van der Waals surface area contributed by atoms with Crippen molar-refractivity contribution in [2.24, 2.45) is 11.8 Å². The number of nitrogens with one attached hydrogen (secondary N) is 4. The maximum atomic E-state index is 14.6. The third-order valence-electron chi connectivity index (χ3n) is 11.0. The summed E-state index contributed by atoms with van der Waals surface area (Å²) in [4.78, 5) is 69.0. The molecule has 2 aromatic carbocycles. The minimum absolute atomic E-state index is 0.0585. The second-order valence-electron chi connectivity index (χ2n) is 15.8. The smallest absolute Gasteiger partial charge is 0.417 e. The molecule has 320 valence electrons. The Labute approximate surface area is 351 Å². The van der Waals surface area contributed by atoms with E-state index in [0.717, 1.165) is 6.07 Å². The fraction of sp³-hybridized carbons (Fsp3) is 0.429. The monoisotopic (exact) mass is 851 g/mol.